The molecule has 0 unspecified atom stereocenters. The summed E-state index contributed by atoms with van der Waals surface area (Å²) < 4.78 is 2.73. The standard InChI is InChI=1S/C16H11BrN2O/c17-14-6-8-15(9-7-14)19-10-13(11-20)16(18-19)12-4-2-1-3-5-12/h1-11H. The first-order valence-electron chi connectivity index (χ1n) is 6.14. The first kappa shape index (κ1) is 12.8. The molecule has 2 aromatic carbocycles. The highest BCUT2D eigenvalue weighted by Gasteiger charge is 2.11. The van der Waals surface area contributed by atoms with Crippen LogP contribution in [0.5, 0.6) is 0 Å². The average molecular weight is 327 g/mol. The van der Waals surface area contributed by atoms with E-state index in [-0.39, 0.29) is 0 Å². The molecule has 3 aromatic rings. The van der Waals surface area contributed by atoms with E-state index in [0.717, 1.165) is 22.0 Å². The second-order valence-corrected chi connectivity index (χ2v) is 5.25. The van der Waals surface area contributed by atoms with Crippen LogP contribution in [-0.2, 0) is 0 Å². The van der Waals surface area contributed by atoms with E-state index < -0.39 is 0 Å². The summed E-state index contributed by atoms with van der Waals surface area (Å²) in [6.45, 7) is 0. The summed E-state index contributed by atoms with van der Waals surface area (Å²) in [6, 6.07) is 17.5. The number of carbonyl (C=O) groups is 1. The van der Waals surface area contributed by atoms with Crippen molar-refractivity contribution in [2.45, 2.75) is 0 Å². The molecule has 0 radical (unpaired) electrons. The van der Waals surface area contributed by atoms with Gasteiger partial charge in [-0.05, 0) is 24.3 Å². The molecule has 1 aromatic heterocycles. The lowest BCUT2D eigenvalue weighted by Crippen LogP contribution is -1.94. The zero-order chi connectivity index (χ0) is 13.9. The molecule has 0 spiro atoms. The summed E-state index contributed by atoms with van der Waals surface area (Å²) >= 11 is 3.40. The van der Waals surface area contributed by atoms with Gasteiger partial charge in [-0.2, -0.15) is 5.10 Å². The average Bonchev–Trinajstić information content (AvgIpc) is 2.93. The molecule has 4 heteroatoms. The molecule has 1 heterocycles. The second kappa shape index (κ2) is 5.43. The van der Waals surface area contributed by atoms with Gasteiger partial charge in [-0.25, -0.2) is 4.68 Å². The minimum atomic E-state index is 0.583. The molecule has 3 nitrogen and oxygen atoms in total. The lowest BCUT2D eigenvalue weighted by molar-refractivity contribution is 0.112. The van der Waals surface area contributed by atoms with Gasteiger partial charge < -0.3 is 0 Å². The Morgan fingerprint density at radius 3 is 2.35 bits per heavy atom. The fourth-order valence-electron chi connectivity index (χ4n) is 2.02. The maximum Gasteiger partial charge on any atom is 0.153 e. The Morgan fingerprint density at radius 1 is 1.00 bits per heavy atom. The summed E-state index contributed by atoms with van der Waals surface area (Å²) in [5, 5.41) is 4.52. The highest BCUT2D eigenvalue weighted by molar-refractivity contribution is 9.10. The van der Waals surface area contributed by atoms with Gasteiger partial charge >= 0.3 is 0 Å². The molecular weight excluding hydrogens is 316 g/mol. The van der Waals surface area contributed by atoms with Crippen molar-refractivity contribution in [1.29, 1.82) is 0 Å². The predicted molar refractivity (Wildman–Crippen MR) is 82.1 cm³/mol. The van der Waals surface area contributed by atoms with Gasteiger partial charge in [0.1, 0.15) is 5.69 Å². The van der Waals surface area contributed by atoms with E-state index in [2.05, 4.69) is 21.0 Å². The van der Waals surface area contributed by atoms with Crippen LogP contribution in [0.1, 0.15) is 10.4 Å². The third-order valence-corrected chi connectivity index (χ3v) is 3.54. The van der Waals surface area contributed by atoms with Crippen molar-refractivity contribution in [1.82, 2.24) is 9.78 Å². The van der Waals surface area contributed by atoms with Gasteiger partial charge in [0.2, 0.25) is 0 Å². The highest BCUT2D eigenvalue weighted by Crippen LogP contribution is 2.22. The number of nitrogens with zero attached hydrogens (tertiary/aromatic N) is 2. The number of halogens is 1. The Bertz CT molecular complexity index is 733. The summed E-state index contributed by atoms with van der Waals surface area (Å²) in [5.41, 5.74) is 3.13. The smallest absolute Gasteiger partial charge is 0.153 e. The number of aldehydes is 1. The normalized spacial score (nSPS) is 10.4. The molecule has 0 N–H and O–H groups in total. The Kier molecular flexibility index (Phi) is 3.48. The Balaban J connectivity index is 2.09. The Labute approximate surface area is 125 Å². The van der Waals surface area contributed by atoms with Crippen LogP contribution >= 0.6 is 15.9 Å². The fourth-order valence-corrected chi connectivity index (χ4v) is 2.28. The van der Waals surface area contributed by atoms with Crippen LogP contribution in [0.4, 0.5) is 0 Å². The van der Waals surface area contributed by atoms with Crippen LogP contribution in [0, 0.1) is 0 Å². The molecule has 0 saturated heterocycles. The quantitative estimate of drug-likeness (QED) is 0.679. The maximum absolute atomic E-state index is 11.2. The van der Waals surface area contributed by atoms with Gasteiger partial charge in [0.15, 0.2) is 6.29 Å². The number of benzene rings is 2. The molecule has 0 amide bonds. The number of rotatable bonds is 3. The number of hydrogen-bond acceptors (Lipinski definition) is 2. The fraction of sp³-hybridized carbons (Fsp3) is 0. The van der Waals surface area contributed by atoms with Crippen molar-refractivity contribution < 1.29 is 4.79 Å². The molecule has 3 rings (SSSR count). The van der Waals surface area contributed by atoms with Crippen molar-refractivity contribution >= 4 is 22.2 Å². The van der Waals surface area contributed by atoms with Crippen molar-refractivity contribution in [2.24, 2.45) is 0 Å². The first-order chi connectivity index (χ1) is 9.78. The van der Waals surface area contributed by atoms with Crippen LogP contribution in [-0.4, -0.2) is 16.1 Å². The molecule has 0 aliphatic rings. The van der Waals surface area contributed by atoms with Crippen molar-refractivity contribution in [3.8, 4) is 16.9 Å². The van der Waals surface area contributed by atoms with Crippen molar-refractivity contribution in [2.75, 3.05) is 0 Å². The van der Waals surface area contributed by atoms with E-state index in [0.29, 0.717) is 11.3 Å². The summed E-state index contributed by atoms with van der Waals surface area (Å²) in [5.74, 6) is 0. The maximum atomic E-state index is 11.2. The van der Waals surface area contributed by atoms with Gasteiger partial charge in [-0.3, -0.25) is 4.79 Å². The molecule has 0 fully saturated rings. The van der Waals surface area contributed by atoms with Crippen LogP contribution in [0.3, 0.4) is 0 Å². The van der Waals surface area contributed by atoms with E-state index in [1.807, 2.05) is 54.6 Å². The molecular formula is C16H11BrN2O. The van der Waals surface area contributed by atoms with E-state index in [4.69, 9.17) is 0 Å². The second-order valence-electron chi connectivity index (χ2n) is 4.34. The van der Waals surface area contributed by atoms with Gasteiger partial charge in [0.05, 0.1) is 11.3 Å². The molecule has 20 heavy (non-hydrogen) atoms. The molecule has 0 saturated carbocycles. The van der Waals surface area contributed by atoms with E-state index in [9.17, 15) is 4.79 Å². The van der Waals surface area contributed by atoms with Crippen LogP contribution in [0.25, 0.3) is 16.9 Å². The molecule has 0 aliphatic heterocycles. The Hall–Kier alpha value is -2.20. The zero-order valence-electron chi connectivity index (χ0n) is 10.5. The topological polar surface area (TPSA) is 34.9 Å². The number of hydrogen-bond donors (Lipinski definition) is 0. The summed E-state index contributed by atoms with van der Waals surface area (Å²) in [4.78, 5) is 11.2. The molecule has 0 bridgehead atoms. The third-order valence-electron chi connectivity index (χ3n) is 3.01. The largest absolute Gasteiger partial charge is 0.298 e. The van der Waals surface area contributed by atoms with Crippen LogP contribution in [0.15, 0.2) is 65.3 Å². The van der Waals surface area contributed by atoms with Gasteiger partial charge in [-0.15, -0.1) is 0 Å². The van der Waals surface area contributed by atoms with Crippen LogP contribution in [0.2, 0.25) is 0 Å². The van der Waals surface area contributed by atoms with Gasteiger partial charge in [-0.1, -0.05) is 46.3 Å². The van der Waals surface area contributed by atoms with Crippen LogP contribution < -0.4 is 0 Å². The van der Waals surface area contributed by atoms with E-state index in [1.54, 1.807) is 10.9 Å². The lowest BCUT2D eigenvalue weighted by Gasteiger charge is -2.01. The lowest BCUT2D eigenvalue weighted by atomic mass is 10.1. The molecule has 0 atom stereocenters. The minimum absolute atomic E-state index is 0.583. The zero-order valence-corrected chi connectivity index (χ0v) is 12.1. The minimum Gasteiger partial charge on any atom is -0.298 e. The monoisotopic (exact) mass is 326 g/mol. The van der Waals surface area contributed by atoms with Crippen molar-refractivity contribution in [3.63, 3.8) is 0 Å². The number of aromatic nitrogens is 2. The van der Waals surface area contributed by atoms with E-state index in [1.165, 1.54) is 0 Å². The first-order valence-corrected chi connectivity index (χ1v) is 6.93. The summed E-state index contributed by atoms with van der Waals surface area (Å²) in [6.07, 6.45) is 2.59. The molecule has 98 valence electrons. The predicted octanol–water partition coefficient (Wildman–Crippen LogP) is 4.11. The van der Waals surface area contributed by atoms with Crippen molar-refractivity contribution in [3.05, 3.63) is 70.8 Å². The van der Waals surface area contributed by atoms with Gasteiger partial charge in [0, 0.05) is 16.2 Å². The highest BCUT2D eigenvalue weighted by atomic mass is 79.9. The Morgan fingerprint density at radius 2 is 1.70 bits per heavy atom. The van der Waals surface area contributed by atoms with E-state index >= 15 is 0 Å². The third kappa shape index (κ3) is 2.42. The summed E-state index contributed by atoms with van der Waals surface area (Å²) in [7, 11) is 0. The van der Waals surface area contributed by atoms with Gasteiger partial charge in [0.25, 0.3) is 0 Å². The molecule has 0 aliphatic carbocycles. The SMILES string of the molecule is O=Cc1cn(-c2ccc(Br)cc2)nc1-c1ccccc1. The number of carbonyl (C=O) groups excluding carboxylic acids is 1.